The van der Waals surface area contributed by atoms with Crippen molar-refractivity contribution >= 4 is 15.9 Å². The van der Waals surface area contributed by atoms with Gasteiger partial charge in [0.05, 0.1) is 0 Å². The molecule has 3 nitrogen and oxygen atoms in total. The Morgan fingerprint density at radius 3 is 2.62 bits per heavy atom. The van der Waals surface area contributed by atoms with Crippen LogP contribution in [-0.2, 0) is 5.54 Å². The molecule has 0 saturated carbocycles. The summed E-state index contributed by atoms with van der Waals surface area (Å²) in [4.78, 5) is 0. The molecular weight excluding hydrogens is 277 g/mol. The van der Waals surface area contributed by atoms with Gasteiger partial charge in [0.15, 0.2) is 17.3 Å². The van der Waals surface area contributed by atoms with E-state index in [-0.39, 0.29) is 5.75 Å². The molecule has 88 valence electrons. The van der Waals surface area contributed by atoms with Crippen molar-refractivity contribution in [2.24, 2.45) is 5.73 Å². The molecule has 1 aliphatic rings. The van der Waals surface area contributed by atoms with E-state index in [9.17, 15) is 4.39 Å². The summed E-state index contributed by atoms with van der Waals surface area (Å²) in [6, 6.07) is 1.70. The number of rotatable bonds is 1. The Morgan fingerprint density at radius 1 is 1.38 bits per heavy atom. The maximum absolute atomic E-state index is 14.2. The third kappa shape index (κ3) is 1.89. The van der Waals surface area contributed by atoms with E-state index < -0.39 is 11.4 Å². The Hall–Kier alpha value is -0.810. The second-order valence-electron chi connectivity index (χ2n) is 4.29. The molecule has 2 N–H and O–H groups in total. The van der Waals surface area contributed by atoms with Crippen LogP contribution >= 0.6 is 15.9 Å². The zero-order chi connectivity index (χ0) is 11.9. The minimum absolute atomic E-state index is 0.156. The molecule has 0 atom stereocenters. The molecule has 0 aliphatic carbocycles. The predicted octanol–water partition coefficient (Wildman–Crippen LogP) is 2.55. The van der Waals surface area contributed by atoms with Gasteiger partial charge in [-0.25, -0.2) is 4.39 Å². The van der Waals surface area contributed by atoms with Crippen LogP contribution in [0.25, 0.3) is 0 Å². The van der Waals surface area contributed by atoms with Gasteiger partial charge in [-0.3, -0.25) is 0 Å². The maximum Gasteiger partial charge on any atom is 0.197 e. The first-order chi connectivity index (χ1) is 7.41. The van der Waals surface area contributed by atoms with Crippen LogP contribution in [0, 0.1) is 5.82 Å². The molecule has 1 aromatic rings. The molecule has 0 aromatic heterocycles. The highest BCUT2D eigenvalue weighted by Crippen LogP contribution is 2.41. The van der Waals surface area contributed by atoms with Crippen LogP contribution in [0.1, 0.15) is 19.4 Å². The van der Waals surface area contributed by atoms with Crippen LogP contribution in [0.3, 0.4) is 0 Å². The van der Waals surface area contributed by atoms with Crippen LogP contribution in [0.15, 0.2) is 10.5 Å². The largest absolute Gasteiger partial charge is 0.486 e. The quantitative estimate of drug-likeness (QED) is 0.864. The summed E-state index contributed by atoms with van der Waals surface area (Å²) in [5.74, 6) is 0.128. The average Bonchev–Trinajstić information content (AvgIpc) is 2.15. The van der Waals surface area contributed by atoms with E-state index in [1.54, 1.807) is 19.9 Å². The van der Waals surface area contributed by atoms with Crippen LogP contribution in [-0.4, -0.2) is 13.2 Å². The van der Waals surface area contributed by atoms with E-state index in [4.69, 9.17) is 15.2 Å². The molecule has 0 fully saturated rings. The monoisotopic (exact) mass is 289 g/mol. The van der Waals surface area contributed by atoms with Crippen molar-refractivity contribution in [3.63, 3.8) is 0 Å². The molecule has 1 heterocycles. The Kier molecular flexibility index (Phi) is 2.84. The molecule has 16 heavy (non-hydrogen) atoms. The predicted molar refractivity (Wildman–Crippen MR) is 62.3 cm³/mol. The van der Waals surface area contributed by atoms with E-state index >= 15 is 0 Å². The number of nitrogens with two attached hydrogens (primary N) is 1. The highest BCUT2D eigenvalue weighted by Gasteiger charge is 2.29. The molecule has 1 aromatic carbocycles. The van der Waals surface area contributed by atoms with Gasteiger partial charge in [-0.1, -0.05) is 15.9 Å². The first-order valence-electron chi connectivity index (χ1n) is 4.98. The smallest absolute Gasteiger partial charge is 0.197 e. The lowest BCUT2D eigenvalue weighted by Crippen LogP contribution is -2.31. The lowest BCUT2D eigenvalue weighted by atomic mass is 9.94. The Bertz CT molecular complexity index is 429. The fraction of sp³-hybridized carbons (Fsp3) is 0.455. The Morgan fingerprint density at radius 2 is 2.00 bits per heavy atom. The average molecular weight is 290 g/mol. The van der Waals surface area contributed by atoms with Gasteiger partial charge in [0.1, 0.15) is 13.2 Å². The van der Waals surface area contributed by atoms with Gasteiger partial charge >= 0.3 is 0 Å². The van der Waals surface area contributed by atoms with Crippen molar-refractivity contribution in [2.45, 2.75) is 19.4 Å². The van der Waals surface area contributed by atoms with E-state index in [1.807, 2.05) is 0 Å². The number of halogens is 2. The molecule has 0 radical (unpaired) electrons. The minimum atomic E-state index is -0.779. The summed E-state index contributed by atoms with van der Waals surface area (Å²) in [6.07, 6.45) is 0. The van der Waals surface area contributed by atoms with Gasteiger partial charge < -0.3 is 15.2 Å². The molecular formula is C11H13BrFNO2. The van der Waals surface area contributed by atoms with Crippen molar-refractivity contribution < 1.29 is 13.9 Å². The standard InChI is InChI=1S/C11H13BrFNO2/c1-11(2,14)8-6(12)5-7-10(9(8)13)16-4-3-15-7/h5H,3-4,14H2,1-2H3. The molecule has 0 unspecified atom stereocenters. The van der Waals surface area contributed by atoms with Gasteiger partial charge in [0.25, 0.3) is 0 Å². The van der Waals surface area contributed by atoms with Gasteiger partial charge in [-0.05, 0) is 19.9 Å². The van der Waals surface area contributed by atoms with Crippen LogP contribution in [0.4, 0.5) is 4.39 Å². The number of hydrogen-bond acceptors (Lipinski definition) is 3. The first kappa shape index (κ1) is 11.7. The van der Waals surface area contributed by atoms with Crippen molar-refractivity contribution in [1.29, 1.82) is 0 Å². The van der Waals surface area contributed by atoms with Crippen molar-refractivity contribution in [3.05, 3.63) is 21.9 Å². The van der Waals surface area contributed by atoms with E-state index in [0.717, 1.165) is 0 Å². The molecule has 1 aliphatic heterocycles. The molecule has 0 spiro atoms. The second-order valence-corrected chi connectivity index (χ2v) is 5.15. The van der Waals surface area contributed by atoms with Crippen molar-refractivity contribution in [1.82, 2.24) is 0 Å². The van der Waals surface area contributed by atoms with Crippen LogP contribution < -0.4 is 15.2 Å². The SMILES string of the molecule is CC(C)(N)c1c(Br)cc2c(c1F)OCCO2. The third-order valence-corrected chi connectivity index (χ3v) is 3.00. The zero-order valence-corrected chi connectivity index (χ0v) is 10.7. The fourth-order valence-corrected chi connectivity index (χ4v) is 2.60. The lowest BCUT2D eigenvalue weighted by Gasteiger charge is -2.26. The Balaban J connectivity index is 2.63. The lowest BCUT2D eigenvalue weighted by molar-refractivity contribution is 0.163. The number of ether oxygens (including phenoxy) is 2. The first-order valence-corrected chi connectivity index (χ1v) is 5.77. The third-order valence-electron chi connectivity index (χ3n) is 2.37. The highest BCUT2D eigenvalue weighted by atomic mass is 79.9. The summed E-state index contributed by atoms with van der Waals surface area (Å²) in [5.41, 5.74) is 5.55. The number of fused-ring (bicyclic) bond motifs is 1. The van der Waals surface area contributed by atoms with Gasteiger partial charge in [0.2, 0.25) is 0 Å². The number of benzene rings is 1. The van der Waals surface area contributed by atoms with E-state index in [0.29, 0.717) is 29.0 Å². The van der Waals surface area contributed by atoms with Crippen LogP contribution in [0.5, 0.6) is 11.5 Å². The Labute approximate surface area is 102 Å². The fourth-order valence-electron chi connectivity index (χ4n) is 1.71. The number of hydrogen-bond donors (Lipinski definition) is 1. The van der Waals surface area contributed by atoms with Crippen molar-refractivity contribution in [2.75, 3.05) is 13.2 Å². The summed E-state index contributed by atoms with van der Waals surface area (Å²) < 4.78 is 25.4. The summed E-state index contributed by atoms with van der Waals surface area (Å²) >= 11 is 3.31. The second kappa shape index (κ2) is 3.89. The molecule has 0 saturated heterocycles. The summed E-state index contributed by atoms with van der Waals surface area (Å²) in [6.45, 7) is 4.28. The highest BCUT2D eigenvalue weighted by molar-refractivity contribution is 9.10. The minimum Gasteiger partial charge on any atom is -0.486 e. The topological polar surface area (TPSA) is 44.5 Å². The summed E-state index contributed by atoms with van der Waals surface area (Å²) in [7, 11) is 0. The molecule has 2 rings (SSSR count). The normalized spacial score (nSPS) is 15.1. The molecule has 5 heteroatoms. The molecule has 0 amide bonds. The summed E-state index contributed by atoms with van der Waals surface area (Å²) in [5, 5.41) is 0. The van der Waals surface area contributed by atoms with E-state index in [2.05, 4.69) is 15.9 Å². The van der Waals surface area contributed by atoms with Gasteiger partial charge in [-0.2, -0.15) is 0 Å². The van der Waals surface area contributed by atoms with Crippen LogP contribution in [0.2, 0.25) is 0 Å². The maximum atomic E-state index is 14.2. The van der Waals surface area contributed by atoms with Gasteiger partial charge in [-0.15, -0.1) is 0 Å². The van der Waals surface area contributed by atoms with Gasteiger partial charge in [0, 0.05) is 15.6 Å². The van der Waals surface area contributed by atoms with E-state index in [1.165, 1.54) is 0 Å². The zero-order valence-electron chi connectivity index (χ0n) is 9.14. The van der Waals surface area contributed by atoms with Crippen molar-refractivity contribution in [3.8, 4) is 11.5 Å². The molecule has 0 bridgehead atoms.